The Morgan fingerprint density at radius 2 is 0.915 bits per heavy atom. The fourth-order valence-electron chi connectivity index (χ4n) is 5.64. The van der Waals surface area contributed by atoms with Gasteiger partial charge in [-0.25, -0.2) is 8.42 Å². The van der Waals surface area contributed by atoms with E-state index in [4.69, 9.17) is 18.9 Å². The number of ether oxygens (including phenoxy) is 4. The van der Waals surface area contributed by atoms with Gasteiger partial charge in [-0.05, 0) is 110 Å². The minimum Gasteiger partial charge on any atom is -0.747 e. The van der Waals surface area contributed by atoms with E-state index in [1.807, 2.05) is 24.3 Å². The van der Waals surface area contributed by atoms with Crippen LogP contribution in [0, 0.1) is 0 Å². The summed E-state index contributed by atoms with van der Waals surface area (Å²) < 4.78 is 56.4. The van der Waals surface area contributed by atoms with Gasteiger partial charge in [0.05, 0.1) is 29.2 Å². The van der Waals surface area contributed by atoms with Gasteiger partial charge in [-0.15, -0.1) is 0 Å². The molecule has 15 heteroatoms. The van der Waals surface area contributed by atoms with Gasteiger partial charge in [0.25, 0.3) is 0 Å². The maximum absolute atomic E-state index is 12.5. The second-order valence-corrected chi connectivity index (χ2v) is 15.2. The monoisotopic (exact) mass is 836 g/mol. The molecule has 4 rings (SSSR count). The predicted molar refractivity (Wildman–Crippen MR) is 221 cm³/mol. The zero-order valence-corrected chi connectivity index (χ0v) is 37.1. The molecule has 59 heavy (non-hydrogen) atoms. The van der Waals surface area contributed by atoms with Crippen LogP contribution >= 0.6 is 0 Å². The molecule has 1 atom stereocenters. The third-order valence-electron chi connectivity index (χ3n) is 8.92. The summed E-state index contributed by atoms with van der Waals surface area (Å²) in [5.41, 5.74) is 5.25. The summed E-state index contributed by atoms with van der Waals surface area (Å²) in [5.74, 6) is -1.54. The third kappa shape index (κ3) is 19.4. The van der Waals surface area contributed by atoms with E-state index >= 15 is 0 Å². The first-order chi connectivity index (χ1) is 28.1. The average molecular weight is 837 g/mol. The van der Waals surface area contributed by atoms with Crippen molar-refractivity contribution in [2.75, 3.05) is 26.4 Å². The van der Waals surface area contributed by atoms with Crippen LogP contribution in [0.1, 0.15) is 82.8 Å². The van der Waals surface area contributed by atoms with Crippen LogP contribution in [-0.4, -0.2) is 56.6 Å². The molecule has 0 fully saturated rings. The minimum absolute atomic E-state index is 0. The van der Waals surface area contributed by atoms with Crippen molar-refractivity contribution in [2.24, 2.45) is 20.5 Å². The Balaban J connectivity index is 0.00000930. The predicted octanol–water partition coefficient (Wildman–Crippen LogP) is 7.62. The molecule has 0 amide bonds. The number of unbranched alkanes of at least 4 members (excludes halogenated alkanes) is 6. The van der Waals surface area contributed by atoms with E-state index in [1.54, 1.807) is 48.5 Å². The van der Waals surface area contributed by atoms with Crippen LogP contribution in [0.3, 0.4) is 0 Å². The molecule has 310 valence electrons. The second kappa shape index (κ2) is 27.3. The first-order valence-electron chi connectivity index (χ1n) is 19.9. The van der Waals surface area contributed by atoms with Gasteiger partial charge in [0, 0.05) is 0 Å². The van der Waals surface area contributed by atoms with Crippen LogP contribution in [0.25, 0.3) is 0 Å². The van der Waals surface area contributed by atoms with Gasteiger partial charge in [-0.3, -0.25) is 9.59 Å². The van der Waals surface area contributed by atoms with E-state index in [0.717, 1.165) is 24.2 Å². The third-order valence-corrected chi connectivity index (χ3v) is 9.98. The number of benzene rings is 4. The average Bonchev–Trinajstić information content (AvgIpc) is 3.23. The minimum atomic E-state index is -5.23. The van der Waals surface area contributed by atoms with Crippen LogP contribution in [-0.2, 0) is 42.0 Å². The fraction of sp³-hybridized carbons (Fsp3) is 0.409. The number of hydrogen-bond donors (Lipinski definition) is 0. The van der Waals surface area contributed by atoms with Gasteiger partial charge >= 0.3 is 41.5 Å². The molecule has 0 radical (unpaired) electrons. The SMILES string of the molecule is CCCCCCc1ccc(N=Nc2ccc(OCCOC(=O)CC(C(=O)OCCOc3ccc(N=Nc4ccc(CCCCCC)cc4)cc3)S(=O)(=O)[O-])cc2)cc1.[Na+]. The van der Waals surface area contributed by atoms with E-state index in [-0.39, 0.29) is 56.0 Å². The standard InChI is InChI=1S/C44H54N4O9S.Na/c1-3-5-7-9-11-34-13-17-36(18-14-34)45-47-38-21-25-40(26-22-38)54-29-31-56-43(49)33-42(58(51,52)53)44(50)57-32-30-55-41-27-23-39(24-28-41)48-46-37-19-15-35(16-20-37)12-10-8-6-4-2;/h13-28,42H,3-12,29-33H2,1-2H3,(H,51,52,53);/q;+1/p-1. The van der Waals surface area contributed by atoms with Gasteiger partial charge in [-0.1, -0.05) is 76.6 Å². The maximum Gasteiger partial charge on any atom is 1.00 e. The fourth-order valence-corrected chi connectivity index (χ4v) is 6.29. The number of carbonyl (C=O) groups is 2. The normalized spacial score (nSPS) is 11.9. The van der Waals surface area contributed by atoms with Crippen molar-refractivity contribution >= 4 is 44.8 Å². The zero-order valence-electron chi connectivity index (χ0n) is 34.3. The number of nitrogens with zero attached hydrogens (tertiary/aromatic N) is 4. The molecule has 4 aromatic carbocycles. The zero-order chi connectivity index (χ0) is 41.4. The molecule has 0 saturated carbocycles. The van der Waals surface area contributed by atoms with Crippen molar-refractivity contribution in [3.05, 3.63) is 108 Å². The van der Waals surface area contributed by atoms with E-state index in [2.05, 4.69) is 58.6 Å². The molecule has 0 N–H and O–H groups in total. The second-order valence-electron chi connectivity index (χ2n) is 13.6. The van der Waals surface area contributed by atoms with Crippen LogP contribution in [0.4, 0.5) is 22.7 Å². The van der Waals surface area contributed by atoms with Crippen molar-refractivity contribution in [1.29, 1.82) is 0 Å². The summed E-state index contributed by atoms with van der Waals surface area (Å²) in [5, 5.41) is 14.8. The van der Waals surface area contributed by atoms with E-state index in [0.29, 0.717) is 22.9 Å². The molecule has 0 bridgehead atoms. The molecule has 4 aromatic rings. The molecular formula is C44H53N4NaO9S. The van der Waals surface area contributed by atoms with Crippen LogP contribution in [0.2, 0.25) is 0 Å². The molecule has 1 unspecified atom stereocenters. The van der Waals surface area contributed by atoms with Gasteiger partial charge < -0.3 is 23.5 Å². The quantitative estimate of drug-likeness (QED) is 0.0202. The molecule has 0 saturated heterocycles. The Morgan fingerprint density at radius 1 is 0.542 bits per heavy atom. The smallest absolute Gasteiger partial charge is 0.747 e. The Labute approximate surface area is 370 Å². The van der Waals surface area contributed by atoms with Crippen molar-refractivity contribution in [1.82, 2.24) is 0 Å². The largest absolute Gasteiger partial charge is 1.00 e. The molecule has 0 aliphatic heterocycles. The van der Waals surface area contributed by atoms with Crippen molar-refractivity contribution in [3.63, 3.8) is 0 Å². The molecular weight excluding hydrogens is 784 g/mol. The molecule has 0 heterocycles. The Kier molecular flexibility index (Phi) is 22.6. The summed E-state index contributed by atoms with van der Waals surface area (Å²) in [6.07, 6.45) is 10.8. The van der Waals surface area contributed by atoms with E-state index < -0.39 is 33.7 Å². The summed E-state index contributed by atoms with van der Waals surface area (Å²) in [6, 6.07) is 29.5. The summed E-state index contributed by atoms with van der Waals surface area (Å²) in [7, 11) is -5.23. The summed E-state index contributed by atoms with van der Waals surface area (Å²) in [6.45, 7) is 3.58. The Bertz CT molecular complexity index is 1990. The number of carbonyl (C=O) groups excluding carboxylic acids is 2. The maximum atomic E-state index is 12.5. The number of rotatable bonds is 26. The molecule has 13 nitrogen and oxygen atoms in total. The van der Waals surface area contributed by atoms with Crippen LogP contribution in [0.15, 0.2) is 118 Å². The molecule has 0 spiro atoms. The molecule has 0 aliphatic rings. The van der Waals surface area contributed by atoms with Crippen LogP contribution < -0.4 is 39.0 Å². The Hall–Kier alpha value is -4.47. The first kappa shape index (κ1) is 48.9. The van der Waals surface area contributed by atoms with Crippen molar-refractivity contribution < 1.29 is 71.1 Å². The van der Waals surface area contributed by atoms with E-state index in [1.165, 1.54) is 62.5 Å². The van der Waals surface area contributed by atoms with Gasteiger partial charge in [-0.2, -0.15) is 20.5 Å². The van der Waals surface area contributed by atoms with Crippen LogP contribution in [0.5, 0.6) is 11.5 Å². The summed E-state index contributed by atoms with van der Waals surface area (Å²) >= 11 is 0. The van der Waals surface area contributed by atoms with Gasteiger partial charge in [0.15, 0.2) is 5.25 Å². The van der Waals surface area contributed by atoms with Crippen molar-refractivity contribution in [3.8, 4) is 11.5 Å². The number of aryl methyl sites for hydroxylation is 2. The van der Waals surface area contributed by atoms with Crippen molar-refractivity contribution in [2.45, 2.75) is 89.7 Å². The van der Waals surface area contributed by atoms with Gasteiger partial charge in [0.2, 0.25) is 0 Å². The van der Waals surface area contributed by atoms with Gasteiger partial charge in [0.1, 0.15) is 48.0 Å². The first-order valence-corrected chi connectivity index (χ1v) is 21.3. The Morgan fingerprint density at radius 3 is 1.29 bits per heavy atom. The topological polar surface area (TPSA) is 178 Å². The number of hydrogen-bond acceptors (Lipinski definition) is 13. The number of azo groups is 2. The molecule has 0 aliphatic carbocycles. The summed E-state index contributed by atoms with van der Waals surface area (Å²) in [4.78, 5) is 24.8. The molecule has 0 aromatic heterocycles. The number of esters is 2. The van der Waals surface area contributed by atoms with E-state index in [9.17, 15) is 22.6 Å².